The number of hydrogen-bond donors (Lipinski definition) is 1. The lowest BCUT2D eigenvalue weighted by Gasteiger charge is -2.34. The van der Waals surface area contributed by atoms with Gasteiger partial charge < -0.3 is 10.0 Å². The molecular formula is C13H16ClNO2. The largest absolute Gasteiger partial charge is 0.507 e. The highest BCUT2D eigenvalue weighted by Gasteiger charge is 2.27. The third-order valence-electron chi connectivity index (χ3n) is 3.20. The van der Waals surface area contributed by atoms with Gasteiger partial charge in [0.15, 0.2) is 0 Å². The van der Waals surface area contributed by atoms with Crippen LogP contribution in [0.2, 0.25) is 0 Å². The number of carbonyl (C=O) groups is 1. The van der Waals surface area contributed by atoms with E-state index in [2.05, 4.69) is 0 Å². The van der Waals surface area contributed by atoms with Crippen LogP contribution in [0.3, 0.4) is 0 Å². The molecule has 2 rings (SSSR count). The maximum absolute atomic E-state index is 12.3. The molecule has 1 aromatic rings. The Kier molecular flexibility index (Phi) is 3.89. The number of amides is 1. The molecule has 1 saturated heterocycles. The van der Waals surface area contributed by atoms with Gasteiger partial charge in [-0.1, -0.05) is 12.1 Å². The molecule has 1 amide bonds. The predicted molar refractivity (Wildman–Crippen MR) is 67.5 cm³/mol. The van der Waals surface area contributed by atoms with E-state index < -0.39 is 0 Å². The molecule has 3 nitrogen and oxygen atoms in total. The second-order valence-corrected chi connectivity index (χ2v) is 4.63. The van der Waals surface area contributed by atoms with E-state index in [-0.39, 0.29) is 17.7 Å². The summed E-state index contributed by atoms with van der Waals surface area (Å²) < 4.78 is 0. The van der Waals surface area contributed by atoms with E-state index in [1.807, 2.05) is 0 Å². The number of halogens is 1. The van der Waals surface area contributed by atoms with Crippen LogP contribution in [0.1, 0.15) is 29.6 Å². The van der Waals surface area contributed by atoms with Crippen LogP contribution in [0.5, 0.6) is 5.75 Å². The molecule has 92 valence electrons. The molecule has 1 aromatic carbocycles. The monoisotopic (exact) mass is 253 g/mol. The highest BCUT2D eigenvalue weighted by Crippen LogP contribution is 2.24. The fraction of sp³-hybridized carbons (Fsp3) is 0.462. The van der Waals surface area contributed by atoms with Crippen LogP contribution in [-0.4, -0.2) is 34.4 Å². The van der Waals surface area contributed by atoms with Crippen LogP contribution < -0.4 is 0 Å². The van der Waals surface area contributed by atoms with Crippen LogP contribution in [-0.2, 0) is 0 Å². The second-order valence-electron chi connectivity index (χ2n) is 4.32. The normalized spacial score (nSPS) is 20.3. The zero-order valence-electron chi connectivity index (χ0n) is 9.60. The smallest absolute Gasteiger partial charge is 0.257 e. The minimum atomic E-state index is -0.117. The lowest BCUT2D eigenvalue weighted by atomic mass is 10.0. The number of alkyl halides is 1. The van der Waals surface area contributed by atoms with Crippen LogP contribution in [0.15, 0.2) is 24.3 Å². The molecule has 0 radical (unpaired) electrons. The van der Waals surface area contributed by atoms with E-state index >= 15 is 0 Å². The van der Waals surface area contributed by atoms with Gasteiger partial charge in [0.1, 0.15) is 5.75 Å². The maximum atomic E-state index is 12.3. The quantitative estimate of drug-likeness (QED) is 0.823. The van der Waals surface area contributed by atoms with E-state index in [1.165, 1.54) is 6.07 Å². The average Bonchev–Trinajstić information content (AvgIpc) is 2.38. The lowest BCUT2D eigenvalue weighted by molar-refractivity contribution is 0.0636. The molecule has 1 atom stereocenters. The SMILES string of the molecule is O=C(c1ccccc1O)N1CCCCC1CCl. The third-order valence-corrected chi connectivity index (χ3v) is 3.56. The average molecular weight is 254 g/mol. The first kappa shape index (κ1) is 12.2. The maximum Gasteiger partial charge on any atom is 0.257 e. The van der Waals surface area contributed by atoms with Crippen molar-refractivity contribution < 1.29 is 9.90 Å². The van der Waals surface area contributed by atoms with Crippen LogP contribution in [0.4, 0.5) is 0 Å². The summed E-state index contributed by atoms with van der Waals surface area (Å²) in [6, 6.07) is 6.75. The standard InChI is InChI=1S/C13H16ClNO2/c14-9-10-5-3-4-8-15(10)13(17)11-6-1-2-7-12(11)16/h1-2,6-7,10,16H,3-5,8-9H2. The van der Waals surface area contributed by atoms with E-state index in [1.54, 1.807) is 23.1 Å². The van der Waals surface area contributed by atoms with Gasteiger partial charge in [-0.3, -0.25) is 4.79 Å². The molecule has 0 saturated carbocycles. The Balaban J connectivity index is 2.21. The molecule has 1 aliphatic rings. The first-order chi connectivity index (χ1) is 8.24. The van der Waals surface area contributed by atoms with Crippen molar-refractivity contribution in [1.82, 2.24) is 4.90 Å². The van der Waals surface area contributed by atoms with Crippen molar-refractivity contribution >= 4 is 17.5 Å². The molecule has 1 aliphatic heterocycles. The number of hydrogen-bond acceptors (Lipinski definition) is 2. The van der Waals surface area contributed by atoms with Crippen LogP contribution in [0.25, 0.3) is 0 Å². The summed E-state index contributed by atoms with van der Waals surface area (Å²) in [5.74, 6) is 0.379. The Morgan fingerprint density at radius 1 is 1.41 bits per heavy atom. The van der Waals surface area contributed by atoms with Crippen molar-refractivity contribution in [3.05, 3.63) is 29.8 Å². The van der Waals surface area contributed by atoms with Gasteiger partial charge in [-0.2, -0.15) is 0 Å². The molecular weight excluding hydrogens is 238 g/mol. The van der Waals surface area contributed by atoms with Crippen LogP contribution >= 0.6 is 11.6 Å². The molecule has 1 N–H and O–H groups in total. The van der Waals surface area contributed by atoms with Gasteiger partial charge in [-0.05, 0) is 31.4 Å². The Hall–Kier alpha value is -1.22. The zero-order chi connectivity index (χ0) is 12.3. The highest BCUT2D eigenvalue weighted by atomic mass is 35.5. The lowest BCUT2D eigenvalue weighted by Crippen LogP contribution is -2.44. The fourth-order valence-electron chi connectivity index (χ4n) is 2.24. The molecule has 4 heteroatoms. The van der Waals surface area contributed by atoms with E-state index in [0.717, 1.165) is 25.8 Å². The number of piperidine rings is 1. The summed E-state index contributed by atoms with van der Waals surface area (Å²) in [4.78, 5) is 14.1. The number of carbonyl (C=O) groups excluding carboxylic acids is 1. The Bertz CT molecular complexity index is 408. The highest BCUT2D eigenvalue weighted by molar-refractivity contribution is 6.18. The van der Waals surface area contributed by atoms with Gasteiger partial charge in [-0.15, -0.1) is 11.6 Å². The van der Waals surface area contributed by atoms with Crippen molar-refractivity contribution in [3.63, 3.8) is 0 Å². The van der Waals surface area contributed by atoms with E-state index in [9.17, 15) is 9.90 Å². The molecule has 0 aromatic heterocycles. The van der Waals surface area contributed by atoms with Gasteiger partial charge in [0.05, 0.1) is 5.56 Å². The topological polar surface area (TPSA) is 40.5 Å². The van der Waals surface area contributed by atoms with E-state index in [4.69, 9.17) is 11.6 Å². The van der Waals surface area contributed by atoms with Gasteiger partial charge in [0.2, 0.25) is 0 Å². The summed E-state index contributed by atoms with van der Waals surface area (Å²) in [6.07, 6.45) is 3.07. The number of aromatic hydroxyl groups is 1. The Morgan fingerprint density at radius 2 is 2.18 bits per heavy atom. The third kappa shape index (κ3) is 2.55. The summed E-state index contributed by atoms with van der Waals surface area (Å²) in [5, 5.41) is 9.69. The molecule has 1 fully saturated rings. The van der Waals surface area contributed by atoms with Crippen LogP contribution in [0, 0.1) is 0 Å². The summed E-state index contributed by atoms with van der Waals surface area (Å²) in [5.41, 5.74) is 0.365. The van der Waals surface area contributed by atoms with Crippen molar-refractivity contribution in [2.45, 2.75) is 25.3 Å². The summed E-state index contributed by atoms with van der Waals surface area (Å²) in [7, 11) is 0. The van der Waals surface area contributed by atoms with Crippen molar-refractivity contribution in [2.75, 3.05) is 12.4 Å². The van der Waals surface area contributed by atoms with Crippen molar-refractivity contribution in [2.24, 2.45) is 0 Å². The Morgan fingerprint density at radius 3 is 2.88 bits per heavy atom. The first-order valence-electron chi connectivity index (χ1n) is 5.89. The zero-order valence-corrected chi connectivity index (χ0v) is 10.4. The number of phenols is 1. The van der Waals surface area contributed by atoms with Gasteiger partial charge in [0, 0.05) is 18.5 Å². The molecule has 0 spiro atoms. The minimum absolute atomic E-state index is 0.0383. The number of likely N-dealkylation sites (tertiary alicyclic amines) is 1. The minimum Gasteiger partial charge on any atom is -0.507 e. The van der Waals surface area contributed by atoms with Crippen molar-refractivity contribution in [1.29, 1.82) is 0 Å². The molecule has 0 aliphatic carbocycles. The molecule has 17 heavy (non-hydrogen) atoms. The van der Waals surface area contributed by atoms with E-state index in [0.29, 0.717) is 11.4 Å². The van der Waals surface area contributed by atoms with Gasteiger partial charge in [-0.25, -0.2) is 0 Å². The number of para-hydroxylation sites is 1. The molecule has 1 heterocycles. The number of phenolic OH excluding ortho intramolecular Hbond substituents is 1. The molecule has 1 unspecified atom stereocenters. The number of benzene rings is 1. The summed E-state index contributed by atoms with van der Waals surface area (Å²) >= 11 is 5.89. The number of nitrogens with zero attached hydrogens (tertiary/aromatic N) is 1. The first-order valence-corrected chi connectivity index (χ1v) is 6.42. The summed E-state index contributed by atoms with van der Waals surface area (Å²) in [6.45, 7) is 0.727. The van der Waals surface area contributed by atoms with Gasteiger partial charge >= 0.3 is 0 Å². The fourth-order valence-corrected chi connectivity index (χ4v) is 2.56. The number of rotatable bonds is 2. The predicted octanol–water partition coefficient (Wildman–Crippen LogP) is 2.63. The van der Waals surface area contributed by atoms with Crippen molar-refractivity contribution in [3.8, 4) is 5.75 Å². The Labute approximate surface area is 106 Å². The van der Waals surface area contributed by atoms with Gasteiger partial charge in [0.25, 0.3) is 5.91 Å². The second kappa shape index (κ2) is 5.41. The molecule has 0 bridgehead atoms.